The summed E-state index contributed by atoms with van der Waals surface area (Å²) in [5, 5.41) is 7.72. The zero-order valence-corrected chi connectivity index (χ0v) is 14.6. The third kappa shape index (κ3) is 3.81. The third-order valence-electron chi connectivity index (χ3n) is 3.97. The van der Waals surface area contributed by atoms with Crippen molar-refractivity contribution >= 4 is 11.8 Å². The molecule has 2 aromatic heterocycles. The average molecular weight is 331 g/mol. The van der Waals surface area contributed by atoms with E-state index in [2.05, 4.69) is 44.1 Å². The van der Waals surface area contributed by atoms with Gasteiger partial charge in [-0.2, -0.15) is 10.1 Å². The van der Waals surface area contributed by atoms with E-state index in [-0.39, 0.29) is 6.04 Å². The lowest BCUT2D eigenvalue weighted by Gasteiger charge is -2.27. The van der Waals surface area contributed by atoms with Gasteiger partial charge in [-0.1, -0.05) is 6.92 Å². The van der Waals surface area contributed by atoms with E-state index in [1.165, 1.54) is 0 Å². The van der Waals surface area contributed by atoms with Crippen molar-refractivity contribution < 1.29 is 4.74 Å². The van der Waals surface area contributed by atoms with E-state index >= 15 is 0 Å². The van der Waals surface area contributed by atoms with Crippen LogP contribution in [0.3, 0.4) is 0 Å². The molecule has 0 saturated carbocycles. The molecule has 1 N–H and O–H groups in total. The maximum Gasteiger partial charge on any atom is 0.227 e. The predicted molar refractivity (Wildman–Crippen MR) is 92.2 cm³/mol. The first-order chi connectivity index (χ1) is 11.7. The van der Waals surface area contributed by atoms with Crippen LogP contribution >= 0.6 is 0 Å². The van der Waals surface area contributed by atoms with Crippen LogP contribution in [0, 0.1) is 6.92 Å². The lowest BCUT2D eigenvalue weighted by molar-refractivity contribution is 0.122. The van der Waals surface area contributed by atoms with Crippen molar-refractivity contribution in [1.29, 1.82) is 0 Å². The van der Waals surface area contributed by atoms with Crippen molar-refractivity contribution in [2.24, 2.45) is 0 Å². The van der Waals surface area contributed by atoms with Crippen LogP contribution in [0.5, 0.6) is 0 Å². The monoisotopic (exact) mass is 331 g/mol. The maximum absolute atomic E-state index is 5.40. The molecule has 3 heterocycles. The maximum atomic E-state index is 5.40. The molecular formula is C16H25N7O. The number of anilines is 2. The summed E-state index contributed by atoms with van der Waals surface area (Å²) in [5.41, 5.74) is 0.941. The number of ether oxygens (including phenoxy) is 1. The Morgan fingerprint density at radius 1 is 1.29 bits per heavy atom. The van der Waals surface area contributed by atoms with Gasteiger partial charge in [-0.25, -0.2) is 14.6 Å². The van der Waals surface area contributed by atoms with Gasteiger partial charge in [-0.05, 0) is 20.3 Å². The highest BCUT2D eigenvalue weighted by atomic mass is 16.5. The molecule has 1 fully saturated rings. The Balaban J connectivity index is 1.76. The molecule has 3 rings (SSSR count). The molecule has 0 bridgehead atoms. The van der Waals surface area contributed by atoms with Gasteiger partial charge in [0.05, 0.1) is 19.3 Å². The first-order valence-corrected chi connectivity index (χ1v) is 8.50. The molecule has 0 radical (unpaired) electrons. The Bertz CT molecular complexity index is 666. The Morgan fingerprint density at radius 3 is 2.83 bits per heavy atom. The summed E-state index contributed by atoms with van der Waals surface area (Å²) in [5.74, 6) is 2.48. The van der Waals surface area contributed by atoms with Crippen LogP contribution in [0.4, 0.5) is 11.8 Å². The summed E-state index contributed by atoms with van der Waals surface area (Å²) in [4.78, 5) is 15.8. The standard InChI is InChI=1S/C16H25N7O/c1-4-5-23-15(17-11-18-23)13(3)20-14-10-12(2)19-16(21-14)22-6-8-24-9-7-22/h10-11,13H,4-9H2,1-3H3,(H,19,20,21)/t13-/m0/s1. The molecule has 2 aromatic rings. The molecule has 1 saturated heterocycles. The summed E-state index contributed by atoms with van der Waals surface area (Å²) in [6.45, 7) is 10.1. The van der Waals surface area contributed by atoms with Gasteiger partial charge in [0.1, 0.15) is 18.0 Å². The van der Waals surface area contributed by atoms with Crippen molar-refractivity contribution in [3.63, 3.8) is 0 Å². The van der Waals surface area contributed by atoms with Crippen molar-refractivity contribution in [2.45, 2.75) is 39.8 Å². The van der Waals surface area contributed by atoms with Crippen LogP contribution < -0.4 is 10.2 Å². The van der Waals surface area contributed by atoms with Crippen LogP contribution in [0.1, 0.15) is 37.8 Å². The molecule has 1 atom stereocenters. The number of nitrogens with one attached hydrogen (secondary N) is 1. The highest BCUT2D eigenvalue weighted by molar-refractivity contribution is 5.44. The summed E-state index contributed by atoms with van der Waals surface area (Å²) in [7, 11) is 0. The van der Waals surface area contributed by atoms with E-state index in [0.717, 1.165) is 62.6 Å². The van der Waals surface area contributed by atoms with E-state index in [0.29, 0.717) is 0 Å². The van der Waals surface area contributed by atoms with Gasteiger partial charge in [-0.3, -0.25) is 0 Å². The number of nitrogens with zero attached hydrogens (tertiary/aromatic N) is 6. The molecule has 0 amide bonds. The van der Waals surface area contributed by atoms with Crippen LogP contribution in [0.25, 0.3) is 0 Å². The van der Waals surface area contributed by atoms with Gasteiger partial charge >= 0.3 is 0 Å². The summed E-state index contributed by atoms with van der Waals surface area (Å²) in [6, 6.07) is 1.98. The van der Waals surface area contributed by atoms with Crippen LogP contribution in [0.15, 0.2) is 12.4 Å². The van der Waals surface area contributed by atoms with Crippen LogP contribution in [-0.2, 0) is 11.3 Å². The smallest absolute Gasteiger partial charge is 0.227 e. The Labute approximate surface area is 142 Å². The molecule has 8 nitrogen and oxygen atoms in total. The average Bonchev–Trinajstić information content (AvgIpc) is 3.04. The van der Waals surface area contributed by atoms with Gasteiger partial charge in [0.2, 0.25) is 5.95 Å². The summed E-state index contributed by atoms with van der Waals surface area (Å²) >= 11 is 0. The van der Waals surface area contributed by atoms with Crippen molar-refractivity contribution in [3.05, 3.63) is 23.9 Å². The second kappa shape index (κ2) is 7.57. The second-order valence-corrected chi connectivity index (χ2v) is 6.00. The SMILES string of the molecule is CCCn1ncnc1[C@H](C)Nc1cc(C)nc(N2CCOCC2)n1. The molecule has 0 unspecified atom stereocenters. The minimum Gasteiger partial charge on any atom is -0.378 e. The van der Waals surface area contributed by atoms with Crippen molar-refractivity contribution in [2.75, 3.05) is 36.5 Å². The van der Waals surface area contributed by atoms with E-state index < -0.39 is 0 Å². The molecule has 8 heteroatoms. The number of hydrogen-bond acceptors (Lipinski definition) is 7. The minimum atomic E-state index is 0.0193. The van der Waals surface area contributed by atoms with E-state index in [1.54, 1.807) is 6.33 Å². The quantitative estimate of drug-likeness (QED) is 0.864. The lowest BCUT2D eigenvalue weighted by Crippen LogP contribution is -2.37. The molecule has 0 spiro atoms. The Kier molecular flexibility index (Phi) is 5.24. The second-order valence-electron chi connectivity index (χ2n) is 6.00. The van der Waals surface area contributed by atoms with E-state index in [9.17, 15) is 0 Å². The molecule has 0 aromatic carbocycles. The third-order valence-corrected chi connectivity index (χ3v) is 3.97. The van der Waals surface area contributed by atoms with E-state index in [1.807, 2.05) is 17.7 Å². The zero-order valence-electron chi connectivity index (χ0n) is 14.6. The fourth-order valence-electron chi connectivity index (χ4n) is 2.81. The lowest BCUT2D eigenvalue weighted by atomic mass is 10.3. The fourth-order valence-corrected chi connectivity index (χ4v) is 2.81. The van der Waals surface area contributed by atoms with Gasteiger partial charge in [-0.15, -0.1) is 0 Å². The van der Waals surface area contributed by atoms with Gasteiger partial charge < -0.3 is 15.0 Å². The zero-order chi connectivity index (χ0) is 16.9. The molecule has 0 aliphatic carbocycles. The highest BCUT2D eigenvalue weighted by Gasteiger charge is 2.17. The molecule has 24 heavy (non-hydrogen) atoms. The number of morpholine rings is 1. The summed E-state index contributed by atoms with van der Waals surface area (Å²) in [6.07, 6.45) is 2.63. The fraction of sp³-hybridized carbons (Fsp3) is 0.625. The van der Waals surface area contributed by atoms with Gasteiger partial charge in [0.15, 0.2) is 0 Å². The molecule has 130 valence electrons. The predicted octanol–water partition coefficient (Wildman–Crippen LogP) is 1.80. The largest absolute Gasteiger partial charge is 0.378 e. The number of aromatic nitrogens is 5. The van der Waals surface area contributed by atoms with Crippen LogP contribution in [0.2, 0.25) is 0 Å². The topological polar surface area (TPSA) is 81.0 Å². The highest BCUT2D eigenvalue weighted by Crippen LogP contribution is 2.20. The molecule has 1 aliphatic heterocycles. The minimum absolute atomic E-state index is 0.0193. The Hall–Kier alpha value is -2.22. The molecule has 1 aliphatic rings. The van der Waals surface area contributed by atoms with Gasteiger partial charge in [0, 0.05) is 31.4 Å². The van der Waals surface area contributed by atoms with Crippen molar-refractivity contribution in [3.8, 4) is 0 Å². The first-order valence-electron chi connectivity index (χ1n) is 8.50. The number of hydrogen-bond donors (Lipinski definition) is 1. The normalized spacial score (nSPS) is 16.2. The first kappa shape index (κ1) is 16.6. The van der Waals surface area contributed by atoms with Gasteiger partial charge in [0.25, 0.3) is 0 Å². The van der Waals surface area contributed by atoms with Crippen LogP contribution in [-0.4, -0.2) is 51.0 Å². The van der Waals surface area contributed by atoms with E-state index in [4.69, 9.17) is 4.74 Å². The number of aryl methyl sites for hydroxylation is 2. The van der Waals surface area contributed by atoms with Crippen molar-refractivity contribution in [1.82, 2.24) is 24.7 Å². The molecular weight excluding hydrogens is 306 g/mol. The Morgan fingerprint density at radius 2 is 2.08 bits per heavy atom. The number of rotatable bonds is 6. The summed E-state index contributed by atoms with van der Waals surface area (Å²) < 4.78 is 7.34.